The third kappa shape index (κ3) is 3.06. The molecule has 1 N–H and O–H groups in total. The molecule has 0 bridgehead atoms. The van der Waals surface area contributed by atoms with E-state index in [-0.39, 0.29) is 5.82 Å². The number of methoxy groups -OCH3 is 1. The zero-order valence-electron chi connectivity index (χ0n) is 11.7. The molecule has 1 aromatic heterocycles. The van der Waals surface area contributed by atoms with E-state index in [2.05, 4.69) is 5.32 Å². The lowest BCUT2D eigenvalue weighted by Gasteiger charge is -2.03. The van der Waals surface area contributed by atoms with E-state index in [1.165, 1.54) is 12.1 Å². The van der Waals surface area contributed by atoms with Gasteiger partial charge >= 0.3 is 0 Å². The molecule has 0 saturated carbocycles. The van der Waals surface area contributed by atoms with Gasteiger partial charge in [0.1, 0.15) is 11.6 Å². The Balaban J connectivity index is 1.66. The molecule has 0 aliphatic heterocycles. The number of hydrogen-bond donors (Lipinski definition) is 1. The number of nitrogens with one attached hydrogen (secondary N) is 1. The van der Waals surface area contributed by atoms with Crippen LogP contribution in [0.1, 0.15) is 11.3 Å². The Morgan fingerprint density at radius 1 is 1.10 bits per heavy atom. The van der Waals surface area contributed by atoms with Crippen LogP contribution < -0.4 is 10.1 Å². The molecule has 3 rings (SSSR count). The van der Waals surface area contributed by atoms with Gasteiger partial charge in [-0.1, -0.05) is 24.3 Å². The highest BCUT2D eigenvalue weighted by Crippen LogP contribution is 2.28. The van der Waals surface area contributed by atoms with Gasteiger partial charge in [0.2, 0.25) is 0 Å². The molecule has 0 aliphatic rings. The monoisotopic (exact) mass is 285 g/mol. The zero-order valence-corrected chi connectivity index (χ0v) is 11.7. The van der Waals surface area contributed by atoms with E-state index in [4.69, 9.17) is 9.15 Å². The normalized spacial score (nSPS) is 11.0. The molecule has 0 spiro atoms. The number of benzene rings is 2. The Morgan fingerprint density at radius 3 is 2.67 bits per heavy atom. The molecule has 0 fully saturated rings. The van der Waals surface area contributed by atoms with E-state index < -0.39 is 0 Å². The quantitative estimate of drug-likeness (QED) is 0.772. The fourth-order valence-corrected chi connectivity index (χ4v) is 2.27. The molecule has 2 aromatic carbocycles. The number of furan rings is 1. The molecular formula is C17H16FNO2. The van der Waals surface area contributed by atoms with Gasteiger partial charge in [0.15, 0.2) is 11.3 Å². The molecular weight excluding hydrogens is 269 g/mol. The fourth-order valence-electron chi connectivity index (χ4n) is 2.27. The predicted octanol–water partition coefficient (Wildman–Crippen LogP) is 3.87. The largest absolute Gasteiger partial charge is 0.493 e. The van der Waals surface area contributed by atoms with Crippen molar-refractivity contribution in [1.82, 2.24) is 5.32 Å². The van der Waals surface area contributed by atoms with Crippen LogP contribution in [0.15, 0.2) is 52.9 Å². The van der Waals surface area contributed by atoms with Crippen molar-refractivity contribution in [2.75, 3.05) is 7.11 Å². The van der Waals surface area contributed by atoms with Crippen molar-refractivity contribution >= 4 is 11.0 Å². The Labute approximate surface area is 122 Å². The maximum absolute atomic E-state index is 12.8. The molecule has 3 aromatic rings. The standard InChI is InChI=1S/C17H16FNO2/c1-20-16-4-2-3-13-9-15(21-17(13)16)11-19-10-12-5-7-14(18)8-6-12/h2-9,19H,10-11H2,1H3. The smallest absolute Gasteiger partial charge is 0.176 e. The van der Waals surface area contributed by atoms with Crippen molar-refractivity contribution in [3.05, 3.63) is 65.7 Å². The number of para-hydroxylation sites is 1. The molecule has 0 atom stereocenters. The van der Waals surface area contributed by atoms with E-state index in [0.29, 0.717) is 13.1 Å². The lowest BCUT2D eigenvalue weighted by molar-refractivity contribution is 0.406. The molecule has 0 saturated heterocycles. The van der Waals surface area contributed by atoms with Gasteiger partial charge in [0.25, 0.3) is 0 Å². The number of fused-ring (bicyclic) bond motifs is 1. The SMILES string of the molecule is COc1cccc2cc(CNCc3ccc(F)cc3)oc12. The van der Waals surface area contributed by atoms with Crippen LogP contribution in [0.4, 0.5) is 4.39 Å². The summed E-state index contributed by atoms with van der Waals surface area (Å²) in [5.41, 5.74) is 1.80. The maximum Gasteiger partial charge on any atom is 0.176 e. The molecule has 21 heavy (non-hydrogen) atoms. The lowest BCUT2D eigenvalue weighted by atomic mass is 10.2. The Morgan fingerprint density at radius 2 is 1.90 bits per heavy atom. The maximum atomic E-state index is 12.8. The minimum Gasteiger partial charge on any atom is -0.493 e. The highest BCUT2D eigenvalue weighted by Gasteiger charge is 2.08. The summed E-state index contributed by atoms with van der Waals surface area (Å²) in [5.74, 6) is 1.36. The van der Waals surface area contributed by atoms with Crippen LogP contribution in [0.3, 0.4) is 0 Å². The first-order valence-corrected chi connectivity index (χ1v) is 6.77. The second kappa shape index (κ2) is 5.97. The van der Waals surface area contributed by atoms with Gasteiger partial charge in [-0.3, -0.25) is 0 Å². The van der Waals surface area contributed by atoms with E-state index in [1.807, 2.05) is 24.3 Å². The summed E-state index contributed by atoms with van der Waals surface area (Å²) in [7, 11) is 1.63. The Hall–Kier alpha value is -2.33. The first-order chi connectivity index (χ1) is 10.3. The third-order valence-corrected chi connectivity index (χ3v) is 3.32. The second-order valence-electron chi connectivity index (χ2n) is 4.82. The molecule has 0 amide bonds. The van der Waals surface area contributed by atoms with Crippen LogP contribution in [-0.2, 0) is 13.1 Å². The Kier molecular flexibility index (Phi) is 3.88. The van der Waals surface area contributed by atoms with E-state index >= 15 is 0 Å². The van der Waals surface area contributed by atoms with Gasteiger partial charge in [0, 0.05) is 11.9 Å². The van der Waals surface area contributed by atoms with Crippen molar-refractivity contribution in [3.63, 3.8) is 0 Å². The van der Waals surface area contributed by atoms with Crippen molar-refractivity contribution in [2.24, 2.45) is 0 Å². The van der Waals surface area contributed by atoms with Gasteiger partial charge in [-0.15, -0.1) is 0 Å². The van der Waals surface area contributed by atoms with Gasteiger partial charge in [0.05, 0.1) is 13.7 Å². The van der Waals surface area contributed by atoms with Gasteiger partial charge in [-0.2, -0.15) is 0 Å². The van der Waals surface area contributed by atoms with Crippen molar-refractivity contribution in [3.8, 4) is 5.75 Å². The highest BCUT2D eigenvalue weighted by atomic mass is 19.1. The minimum atomic E-state index is -0.219. The number of ether oxygens (including phenoxy) is 1. The van der Waals surface area contributed by atoms with Crippen LogP contribution >= 0.6 is 0 Å². The predicted molar refractivity (Wildman–Crippen MR) is 79.7 cm³/mol. The summed E-state index contributed by atoms with van der Waals surface area (Å²) in [6.45, 7) is 1.27. The van der Waals surface area contributed by atoms with Crippen LogP contribution in [0.25, 0.3) is 11.0 Å². The molecule has 108 valence electrons. The molecule has 3 nitrogen and oxygen atoms in total. The molecule has 0 radical (unpaired) electrons. The van der Waals surface area contributed by atoms with Crippen molar-refractivity contribution in [1.29, 1.82) is 0 Å². The second-order valence-corrected chi connectivity index (χ2v) is 4.82. The highest BCUT2D eigenvalue weighted by molar-refractivity contribution is 5.83. The zero-order chi connectivity index (χ0) is 14.7. The van der Waals surface area contributed by atoms with Gasteiger partial charge < -0.3 is 14.5 Å². The van der Waals surface area contributed by atoms with Crippen molar-refractivity contribution in [2.45, 2.75) is 13.1 Å². The number of rotatable bonds is 5. The molecule has 0 aliphatic carbocycles. The first kappa shape index (κ1) is 13.6. The summed E-state index contributed by atoms with van der Waals surface area (Å²) >= 11 is 0. The average molecular weight is 285 g/mol. The average Bonchev–Trinajstić information content (AvgIpc) is 2.92. The summed E-state index contributed by atoms with van der Waals surface area (Å²) in [5, 5.41) is 4.30. The van der Waals surface area contributed by atoms with Crippen LogP contribution in [-0.4, -0.2) is 7.11 Å². The summed E-state index contributed by atoms with van der Waals surface area (Å²) < 4.78 is 23.9. The Bertz CT molecular complexity index is 734. The van der Waals surface area contributed by atoms with Crippen LogP contribution in [0.2, 0.25) is 0 Å². The minimum absolute atomic E-state index is 0.219. The van der Waals surface area contributed by atoms with Crippen LogP contribution in [0.5, 0.6) is 5.75 Å². The first-order valence-electron chi connectivity index (χ1n) is 6.77. The molecule has 1 heterocycles. The number of halogens is 1. The number of hydrogen-bond acceptors (Lipinski definition) is 3. The van der Waals surface area contributed by atoms with E-state index in [1.54, 1.807) is 19.2 Å². The fraction of sp³-hybridized carbons (Fsp3) is 0.176. The molecule has 0 unspecified atom stereocenters. The van der Waals surface area contributed by atoms with Crippen molar-refractivity contribution < 1.29 is 13.5 Å². The van der Waals surface area contributed by atoms with Gasteiger partial charge in [-0.25, -0.2) is 4.39 Å². The summed E-state index contributed by atoms with van der Waals surface area (Å²) in [6, 6.07) is 14.3. The van der Waals surface area contributed by atoms with Crippen LogP contribution in [0, 0.1) is 5.82 Å². The molecule has 4 heteroatoms. The summed E-state index contributed by atoms with van der Waals surface area (Å²) in [6.07, 6.45) is 0. The lowest BCUT2D eigenvalue weighted by Crippen LogP contribution is -2.11. The van der Waals surface area contributed by atoms with Gasteiger partial charge in [-0.05, 0) is 29.8 Å². The van der Waals surface area contributed by atoms with E-state index in [0.717, 1.165) is 28.0 Å². The topological polar surface area (TPSA) is 34.4 Å². The third-order valence-electron chi connectivity index (χ3n) is 3.32. The summed E-state index contributed by atoms with van der Waals surface area (Å²) in [4.78, 5) is 0. The van der Waals surface area contributed by atoms with E-state index in [9.17, 15) is 4.39 Å².